The maximum absolute atomic E-state index is 4.47. The summed E-state index contributed by atoms with van der Waals surface area (Å²) in [6.45, 7) is 12.9. The molecule has 0 unspecified atom stereocenters. The number of hydrogen-bond acceptors (Lipinski definition) is 1. The molecule has 0 saturated carbocycles. The number of aliphatic imine (C=N–C) groups is 1. The van der Waals surface area contributed by atoms with Crippen LogP contribution in [-0.4, -0.2) is 11.8 Å². The zero-order valence-electron chi connectivity index (χ0n) is 8.02. The normalized spacial score (nSPS) is 14.5. The fourth-order valence-electron chi connectivity index (χ4n) is 0.581. The zero-order chi connectivity index (χ0) is 8.36. The molecule has 60 valence electrons. The zero-order valence-corrected chi connectivity index (χ0v) is 8.02. The van der Waals surface area contributed by atoms with Gasteiger partial charge in [-0.3, -0.25) is 4.99 Å². The van der Waals surface area contributed by atoms with Gasteiger partial charge in [0, 0.05) is 11.8 Å². The van der Waals surface area contributed by atoms with Gasteiger partial charge in [-0.05, 0) is 26.2 Å². The van der Waals surface area contributed by atoms with Crippen molar-refractivity contribution >= 4 is 5.71 Å². The first kappa shape index (κ1) is 9.67. The highest BCUT2D eigenvalue weighted by Gasteiger charge is 2.13. The molecule has 0 aliphatic heterocycles. The van der Waals surface area contributed by atoms with Gasteiger partial charge in [0.1, 0.15) is 0 Å². The second-order valence-corrected chi connectivity index (χ2v) is 4.06. The first-order valence-electron chi connectivity index (χ1n) is 3.89. The standard InChI is InChI=1S/C9H19N/c1-7(2)10-8(3)9(4,5)6/h7H,1-6H3/b10-8-. The van der Waals surface area contributed by atoms with Crippen LogP contribution in [0.25, 0.3) is 0 Å². The van der Waals surface area contributed by atoms with Gasteiger partial charge in [0.05, 0.1) is 0 Å². The molecule has 0 amide bonds. The minimum absolute atomic E-state index is 0.240. The fourth-order valence-corrected chi connectivity index (χ4v) is 0.581. The third kappa shape index (κ3) is 3.65. The molecule has 0 aromatic carbocycles. The van der Waals surface area contributed by atoms with Crippen LogP contribution in [0, 0.1) is 5.41 Å². The Morgan fingerprint density at radius 2 is 1.60 bits per heavy atom. The molecule has 0 bridgehead atoms. The summed E-state index contributed by atoms with van der Waals surface area (Å²) in [6, 6.07) is 0.430. The Hall–Kier alpha value is -0.330. The Kier molecular flexibility index (Phi) is 3.07. The summed E-state index contributed by atoms with van der Waals surface area (Å²) in [5, 5.41) is 0. The second kappa shape index (κ2) is 3.18. The summed E-state index contributed by atoms with van der Waals surface area (Å²) in [5.41, 5.74) is 1.48. The van der Waals surface area contributed by atoms with E-state index in [1.54, 1.807) is 0 Å². The summed E-state index contributed by atoms with van der Waals surface area (Å²) in [7, 11) is 0. The van der Waals surface area contributed by atoms with Gasteiger partial charge in [0.15, 0.2) is 0 Å². The lowest BCUT2D eigenvalue weighted by Crippen LogP contribution is -2.18. The van der Waals surface area contributed by atoms with Crippen LogP contribution in [0.4, 0.5) is 0 Å². The number of nitrogens with zero attached hydrogens (tertiary/aromatic N) is 1. The molecule has 1 heteroatoms. The van der Waals surface area contributed by atoms with Gasteiger partial charge >= 0.3 is 0 Å². The van der Waals surface area contributed by atoms with E-state index in [9.17, 15) is 0 Å². The summed E-state index contributed by atoms with van der Waals surface area (Å²) in [6.07, 6.45) is 0. The van der Waals surface area contributed by atoms with Crippen molar-refractivity contribution in [2.24, 2.45) is 10.4 Å². The Morgan fingerprint density at radius 1 is 1.20 bits per heavy atom. The molecule has 0 N–H and O–H groups in total. The van der Waals surface area contributed by atoms with E-state index in [-0.39, 0.29) is 5.41 Å². The Labute approximate surface area is 64.6 Å². The molecule has 0 aromatic heterocycles. The monoisotopic (exact) mass is 141 g/mol. The Bertz CT molecular complexity index is 126. The molecule has 0 aliphatic rings. The van der Waals surface area contributed by atoms with Crippen molar-refractivity contribution in [2.75, 3.05) is 0 Å². The van der Waals surface area contributed by atoms with Crippen molar-refractivity contribution < 1.29 is 0 Å². The molecule has 0 heterocycles. The van der Waals surface area contributed by atoms with Gasteiger partial charge in [-0.1, -0.05) is 20.8 Å². The van der Waals surface area contributed by atoms with E-state index in [2.05, 4.69) is 46.5 Å². The first-order valence-corrected chi connectivity index (χ1v) is 3.89. The molecular formula is C9H19N. The van der Waals surface area contributed by atoms with Gasteiger partial charge in [-0.2, -0.15) is 0 Å². The Morgan fingerprint density at radius 3 is 1.70 bits per heavy atom. The quantitative estimate of drug-likeness (QED) is 0.498. The van der Waals surface area contributed by atoms with E-state index in [0.717, 1.165) is 0 Å². The molecule has 0 spiro atoms. The average Bonchev–Trinajstić information content (AvgIpc) is 1.60. The van der Waals surface area contributed by atoms with Gasteiger partial charge in [-0.15, -0.1) is 0 Å². The summed E-state index contributed by atoms with van der Waals surface area (Å²) in [4.78, 5) is 4.47. The average molecular weight is 141 g/mol. The van der Waals surface area contributed by atoms with E-state index in [4.69, 9.17) is 0 Å². The third-order valence-electron chi connectivity index (χ3n) is 1.54. The number of rotatable bonds is 1. The summed E-state index contributed by atoms with van der Waals surface area (Å²) < 4.78 is 0. The largest absolute Gasteiger partial charge is 0.291 e. The molecule has 1 nitrogen and oxygen atoms in total. The maximum Gasteiger partial charge on any atom is 0.0442 e. The lowest BCUT2D eigenvalue weighted by molar-refractivity contribution is 0.580. The minimum atomic E-state index is 0.240. The molecule has 10 heavy (non-hydrogen) atoms. The van der Waals surface area contributed by atoms with E-state index in [0.29, 0.717) is 6.04 Å². The van der Waals surface area contributed by atoms with Crippen molar-refractivity contribution in [3.63, 3.8) is 0 Å². The lowest BCUT2D eigenvalue weighted by atomic mass is 9.91. The highest BCUT2D eigenvalue weighted by Crippen LogP contribution is 2.16. The highest BCUT2D eigenvalue weighted by atomic mass is 14.8. The van der Waals surface area contributed by atoms with E-state index < -0.39 is 0 Å². The lowest BCUT2D eigenvalue weighted by Gasteiger charge is -2.18. The van der Waals surface area contributed by atoms with Crippen molar-refractivity contribution in [1.82, 2.24) is 0 Å². The van der Waals surface area contributed by atoms with E-state index in [1.807, 2.05) is 0 Å². The van der Waals surface area contributed by atoms with Gasteiger partial charge < -0.3 is 0 Å². The predicted octanol–water partition coefficient (Wildman–Crippen LogP) is 2.90. The number of hydrogen-bond donors (Lipinski definition) is 0. The van der Waals surface area contributed by atoms with Gasteiger partial charge in [-0.25, -0.2) is 0 Å². The van der Waals surface area contributed by atoms with E-state index >= 15 is 0 Å². The smallest absolute Gasteiger partial charge is 0.0442 e. The maximum atomic E-state index is 4.47. The van der Waals surface area contributed by atoms with Crippen LogP contribution in [-0.2, 0) is 0 Å². The fraction of sp³-hybridized carbons (Fsp3) is 0.889. The van der Waals surface area contributed by atoms with Crippen LogP contribution in [0.1, 0.15) is 41.5 Å². The predicted molar refractivity (Wildman–Crippen MR) is 47.7 cm³/mol. The van der Waals surface area contributed by atoms with Crippen molar-refractivity contribution in [2.45, 2.75) is 47.6 Å². The SMILES string of the molecule is C/C(=N/C(C)C)C(C)(C)C. The summed E-state index contributed by atoms with van der Waals surface area (Å²) >= 11 is 0. The molecule has 0 aromatic rings. The van der Waals surface area contributed by atoms with Crippen LogP contribution in [0.3, 0.4) is 0 Å². The van der Waals surface area contributed by atoms with Crippen LogP contribution in [0.5, 0.6) is 0 Å². The van der Waals surface area contributed by atoms with Crippen molar-refractivity contribution in [1.29, 1.82) is 0 Å². The summed E-state index contributed by atoms with van der Waals surface area (Å²) in [5.74, 6) is 0. The van der Waals surface area contributed by atoms with Gasteiger partial charge in [0.2, 0.25) is 0 Å². The molecule has 0 rings (SSSR count). The molecule has 0 fully saturated rings. The van der Waals surface area contributed by atoms with Crippen LogP contribution in [0.15, 0.2) is 4.99 Å². The van der Waals surface area contributed by atoms with Gasteiger partial charge in [0.25, 0.3) is 0 Å². The van der Waals surface area contributed by atoms with Crippen molar-refractivity contribution in [3.05, 3.63) is 0 Å². The minimum Gasteiger partial charge on any atom is -0.291 e. The topological polar surface area (TPSA) is 12.4 Å². The molecule has 0 atom stereocenters. The van der Waals surface area contributed by atoms with Crippen LogP contribution >= 0.6 is 0 Å². The first-order chi connectivity index (χ1) is 4.34. The third-order valence-corrected chi connectivity index (χ3v) is 1.54. The molecule has 0 radical (unpaired) electrons. The highest BCUT2D eigenvalue weighted by molar-refractivity contribution is 5.86. The molecule has 0 saturated heterocycles. The van der Waals surface area contributed by atoms with Crippen molar-refractivity contribution in [3.8, 4) is 0 Å². The second-order valence-electron chi connectivity index (χ2n) is 4.06. The molecular weight excluding hydrogens is 122 g/mol. The van der Waals surface area contributed by atoms with E-state index in [1.165, 1.54) is 5.71 Å². The Balaban J connectivity index is 4.20. The van der Waals surface area contributed by atoms with Crippen LogP contribution in [0.2, 0.25) is 0 Å². The van der Waals surface area contributed by atoms with Crippen LogP contribution < -0.4 is 0 Å². The molecule has 0 aliphatic carbocycles.